The van der Waals surface area contributed by atoms with Crippen LogP contribution in [0.2, 0.25) is 0 Å². The van der Waals surface area contributed by atoms with Crippen molar-refractivity contribution in [3.63, 3.8) is 0 Å². The minimum absolute atomic E-state index is 0.0695. The fourth-order valence-corrected chi connectivity index (χ4v) is 6.31. The molecule has 1 aliphatic rings. The van der Waals surface area contributed by atoms with Crippen molar-refractivity contribution in [1.82, 2.24) is 0 Å². The van der Waals surface area contributed by atoms with Gasteiger partial charge in [-0.15, -0.1) is 0 Å². The van der Waals surface area contributed by atoms with Crippen molar-refractivity contribution in [3.05, 3.63) is 41.5 Å². The molecule has 1 unspecified atom stereocenters. The van der Waals surface area contributed by atoms with E-state index in [-0.39, 0.29) is 34.1 Å². The smallest absolute Gasteiger partial charge is 0.434 e. The van der Waals surface area contributed by atoms with Gasteiger partial charge in [-0.25, -0.2) is 4.79 Å². The van der Waals surface area contributed by atoms with Crippen LogP contribution in [0.25, 0.3) is 0 Å². The fourth-order valence-electron chi connectivity index (χ4n) is 4.48. The summed E-state index contributed by atoms with van der Waals surface area (Å²) in [4.78, 5) is 27.8. The molecule has 0 saturated heterocycles. The molecular formula is C25H30O8P+. The van der Waals surface area contributed by atoms with E-state index in [4.69, 9.17) is 23.7 Å². The van der Waals surface area contributed by atoms with Crippen LogP contribution in [0.4, 0.5) is 0 Å². The topological polar surface area (TPSA) is 97.4 Å². The predicted molar refractivity (Wildman–Crippen MR) is 128 cm³/mol. The molecule has 0 radical (unpaired) electrons. The summed E-state index contributed by atoms with van der Waals surface area (Å²) in [5.74, 6) is 0.958. The lowest BCUT2D eigenvalue weighted by molar-refractivity contribution is 0.0896. The van der Waals surface area contributed by atoms with Crippen LogP contribution in [0, 0.1) is 0 Å². The lowest BCUT2D eigenvalue weighted by Crippen LogP contribution is -2.39. The zero-order valence-electron chi connectivity index (χ0n) is 20.1. The van der Waals surface area contributed by atoms with Crippen molar-refractivity contribution in [2.24, 2.45) is 0 Å². The fraction of sp³-hybridized carbons (Fsp3) is 0.440. The van der Waals surface area contributed by atoms with Crippen molar-refractivity contribution in [2.75, 3.05) is 35.5 Å². The first kappa shape index (κ1) is 25.5. The highest BCUT2D eigenvalue weighted by Crippen LogP contribution is 2.55. The summed E-state index contributed by atoms with van der Waals surface area (Å²) in [7, 11) is 4.50. The molecule has 8 nitrogen and oxygen atoms in total. The number of methoxy groups -OCH3 is 5. The normalized spacial score (nSPS) is 15.1. The zero-order chi connectivity index (χ0) is 24.9. The van der Waals surface area contributed by atoms with E-state index in [1.807, 2.05) is 0 Å². The van der Waals surface area contributed by atoms with Crippen LogP contribution >= 0.6 is 7.80 Å². The molecule has 182 valence electrons. The Balaban J connectivity index is 2.17. The van der Waals surface area contributed by atoms with E-state index in [0.29, 0.717) is 31.4 Å². The van der Waals surface area contributed by atoms with Crippen molar-refractivity contribution in [1.29, 1.82) is 0 Å². The van der Waals surface area contributed by atoms with Gasteiger partial charge in [0.1, 0.15) is 34.3 Å². The largest absolute Gasteiger partial charge is 0.496 e. The molecule has 0 N–H and O–H groups in total. The Morgan fingerprint density at radius 3 is 1.68 bits per heavy atom. The molecule has 1 aliphatic carbocycles. The van der Waals surface area contributed by atoms with Crippen molar-refractivity contribution >= 4 is 19.1 Å². The molecule has 1 atom stereocenters. The van der Waals surface area contributed by atoms with Crippen molar-refractivity contribution < 1.29 is 37.8 Å². The number of hydrogen-bond donors (Lipinski definition) is 0. The van der Waals surface area contributed by atoms with Gasteiger partial charge in [0.05, 0.1) is 35.5 Å². The van der Waals surface area contributed by atoms with Crippen molar-refractivity contribution in [2.45, 2.75) is 37.3 Å². The molecule has 0 bridgehead atoms. The molecule has 0 heterocycles. The predicted octanol–water partition coefficient (Wildman–Crippen LogP) is 5.28. The van der Waals surface area contributed by atoms with Gasteiger partial charge in [-0.3, -0.25) is 4.79 Å². The molecular weight excluding hydrogens is 459 g/mol. The standard InChI is InChI=1S/C25H30O8P/c1-29-16-14-19(32-4)21(20(15-16)33-5)23(26)25(12-7-6-8-13-25)34(28)24(27)22-17(30-2)10-9-11-18(22)31-3/h9-11,14-15H,6-8,12-13H2,1-5H3/q+1. The number of rotatable bonds is 10. The first-order valence-electron chi connectivity index (χ1n) is 11.0. The third-order valence-corrected chi connectivity index (χ3v) is 8.28. The summed E-state index contributed by atoms with van der Waals surface area (Å²) >= 11 is 0. The summed E-state index contributed by atoms with van der Waals surface area (Å²) in [6, 6.07) is 8.03. The molecule has 0 aromatic heterocycles. The zero-order valence-corrected chi connectivity index (χ0v) is 21.0. The second-order valence-electron chi connectivity index (χ2n) is 7.97. The minimum Gasteiger partial charge on any atom is -0.496 e. The molecule has 1 fully saturated rings. The van der Waals surface area contributed by atoms with Crippen LogP contribution in [0.1, 0.15) is 52.8 Å². The van der Waals surface area contributed by atoms with E-state index in [0.717, 1.165) is 6.42 Å². The van der Waals surface area contributed by atoms with E-state index >= 15 is 0 Å². The third kappa shape index (κ3) is 4.47. The summed E-state index contributed by atoms with van der Waals surface area (Å²) in [6.07, 6.45) is 2.85. The van der Waals surface area contributed by atoms with Gasteiger partial charge in [0, 0.05) is 25.0 Å². The molecule has 2 aromatic carbocycles. The van der Waals surface area contributed by atoms with Crippen LogP contribution in [0.15, 0.2) is 30.3 Å². The van der Waals surface area contributed by atoms with Crippen LogP contribution < -0.4 is 23.7 Å². The molecule has 9 heteroatoms. The first-order chi connectivity index (χ1) is 16.4. The van der Waals surface area contributed by atoms with E-state index in [1.165, 1.54) is 35.5 Å². The van der Waals surface area contributed by atoms with Gasteiger partial charge in [-0.2, -0.15) is 0 Å². The van der Waals surface area contributed by atoms with E-state index < -0.39 is 24.3 Å². The van der Waals surface area contributed by atoms with E-state index in [2.05, 4.69) is 0 Å². The number of benzene rings is 2. The first-order valence-corrected chi connectivity index (χ1v) is 12.2. The van der Waals surface area contributed by atoms with Crippen LogP contribution in [-0.4, -0.2) is 52.0 Å². The Labute approximate surface area is 200 Å². The molecule has 3 rings (SSSR count). The Morgan fingerprint density at radius 2 is 1.24 bits per heavy atom. The van der Waals surface area contributed by atoms with E-state index in [1.54, 1.807) is 30.3 Å². The number of hydrogen-bond acceptors (Lipinski definition) is 8. The summed E-state index contributed by atoms with van der Waals surface area (Å²) in [5, 5.41) is -1.41. The summed E-state index contributed by atoms with van der Waals surface area (Å²) in [6.45, 7) is 0. The van der Waals surface area contributed by atoms with Crippen LogP contribution in [0.5, 0.6) is 28.7 Å². The highest BCUT2D eigenvalue weighted by atomic mass is 31.1. The second-order valence-corrected chi connectivity index (χ2v) is 9.82. The van der Waals surface area contributed by atoms with Crippen LogP contribution in [0.3, 0.4) is 0 Å². The second kappa shape index (κ2) is 10.9. The lowest BCUT2D eigenvalue weighted by atomic mass is 9.82. The average molecular weight is 489 g/mol. The Kier molecular flexibility index (Phi) is 8.15. The number of carbonyl (C=O) groups is 2. The highest BCUT2D eigenvalue weighted by molar-refractivity contribution is 7.67. The van der Waals surface area contributed by atoms with Crippen molar-refractivity contribution in [3.8, 4) is 28.7 Å². The Hall–Kier alpha value is -3.12. The minimum atomic E-state index is -2.71. The quantitative estimate of drug-likeness (QED) is 0.328. The van der Waals surface area contributed by atoms with Gasteiger partial charge >= 0.3 is 13.3 Å². The van der Waals surface area contributed by atoms with Gasteiger partial charge in [0.2, 0.25) is 10.9 Å². The average Bonchev–Trinajstić information content (AvgIpc) is 2.90. The lowest BCUT2D eigenvalue weighted by Gasteiger charge is -2.27. The summed E-state index contributed by atoms with van der Waals surface area (Å²) < 4.78 is 41.0. The highest BCUT2D eigenvalue weighted by Gasteiger charge is 2.61. The molecule has 0 spiro atoms. The Bertz CT molecular complexity index is 1040. The van der Waals surface area contributed by atoms with Gasteiger partial charge < -0.3 is 23.7 Å². The number of ether oxygens (including phenoxy) is 5. The summed E-state index contributed by atoms with van der Waals surface area (Å²) in [5.41, 5.74) is -0.457. The van der Waals surface area contributed by atoms with Crippen LogP contribution in [-0.2, 0) is 4.57 Å². The Morgan fingerprint density at radius 1 is 0.735 bits per heavy atom. The third-order valence-electron chi connectivity index (χ3n) is 6.26. The van der Waals surface area contributed by atoms with E-state index in [9.17, 15) is 14.2 Å². The van der Waals surface area contributed by atoms with Gasteiger partial charge in [-0.1, -0.05) is 17.1 Å². The monoisotopic (exact) mass is 489 g/mol. The SMILES string of the molecule is COc1cc(OC)c(C(=O)C2([P+](=O)C(=O)c3c(OC)cccc3OC)CCCCC2)c(OC)c1. The maximum atomic E-state index is 14.2. The maximum absolute atomic E-state index is 14.2. The number of Topliss-reactive ketones (excluding diaryl/α,β-unsaturated/α-hetero) is 1. The molecule has 0 amide bonds. The number of ketones is 1. The maximum Gasteiger partial charge on any atom is 0.434 e. The van der Waals surface area contributed by atoms with Gasteiger partial charge in [0.25, 0.3) is 0 Å². The van der Waals surface area contributed by atoms with Gasteiger partial charge in [-0.05, 0) is 25.0 Å². The number of carbonyl (C=O) groups excluding carboxylic acids is 2. The molecule has 34 heavy (non-hydrogen) atoms. The molecule has 0 aliphatic heterocycles. The molecule has 2 aromatic rings. The van der Waals surface area contributed by atoms with Gasteiger partial charge in [0.15, 0.2) is 5.56 Å². The molecule has 1 saturated carbocycles.